The van der Waals surface area contributed by atoms with Gasteiger partial charge in [0.15, 0.2) is 0 Å². The predicted molar refractivity (Wildman–Crippen MR) is 111 cm³/mol. The number of para-hydroxylation sites is 1. The van der Waals surface area contributed by atoms with Gasteiger partial charge in [-0.25, -0.2) is 0 Å². The van der Waals surface area contributed by atoms with E-state index in [1.54, 1.807) is 60.5 Å². The van der Waals surface area contributed by atoms with Crippen molar-refractivity contribution >= 4 is 40.7 Å². The molecule has 1 atom stereocenters. The molecule has 1 fully saturated rings. The Morgan fingerprint density at radius 1 is 1.21 bits per heavy atom. The van der Waals surface area contributed by atoms with Gasteiger partial charge in [-0.05, 0) is 30.3 Å². The van der Waals surface area contributed by atoms with Crippen molar-refractivity contribution in [3.8, 4) is 0 Å². The average molecular weight is 416 g/mol. The van der Waals surface area contributed by atoms with Gasteiger partial charge in [0.25, 0.3) is 5.91 Å². The Balaban J connectivity index is 1.68. The molecule has 2 aromatic carbocycles. The van der Waals surface area contributed by atoms with Gasteiger partial charge in [0.05, 0.1) is 23.8 Å². The molecule has 7 nitrogen and oxygen atoms in total. The van der Waals surface area contributed by atoms with Crippen LogP contribution in [0.5, 0.6) is 0 Å². The third-order valence-electron chi connectivity index (χ3n) is 4.64. The van der Waals surface area contributed by atoms with E-state index in [9.17, 15) is 14.4 Å². The summed E-state index contributed by atoms with van der Waals surface area (Å²) in [6.45, 7) is 1.01. The van der Waals surface area contributed by atoms with Crippen LogP contribution in [-0.4, -0.2) is 44.5 Å². The number of hydrogen-bond acceptors (Lipinski definition) is 4. The minimum atomic E-state index is -0.522. The van der Waals surface area contributed by atoms with Crippen LogP contribution in [0.15, 0.2) is 48.5 Å². The molecule has 3 rings (SSSR count). The molecule has 1 unspecified atom stereocenters. The molecule has 2 aromatic rings. The highest BCUT2D eigenvalue weighted by Gasteiger charge is 2.35. The number of carbonyl (C=O) groups excluding carboxylic acids is 3. The van der Waals surface area contributed by atoms with E-state index in [0.29, 0.717) is 35.1 Å². The summed E-state index contributed by atoms with van der Waals surface area (Å²) >= 11 is 6.01. The Labute approximate surface area is 174 Å². The van der Waals surface area contributed by atoms with Crippen LogP contribution in [0, 0.1) is 5.92 Å². The molecule has 1 saturated heterocycles. The van der Waals surface area contributed by atoms with Crippen molar-refractivity contribution in [2.45, 2.75) is 6.42 Å². The fraction of sp³-hybridized carbons (Fsp3) is 0.286. The second-order valence-corrected chi connectivity index (χ2v) is 7.11. The molecule has 0 spiro atoms. The lowest BCUT2D eigenvalue weighted by Crippen LogP contribution is -2.30. The summed E-state index contributed by atoms with van der Waals surface area (Å²) in [6.07, 6.45) is 0.0978. The maximum absolute atomic E-state index is 12.8. The molecule has 29 heavy (non-hydrogen) atoms. The van der Waals surface area contributed by atoms with E-state index >= 15 is 0 Å². The monoisotopic (exact) mass is 415 g/mol. The number of ether oxygens (including phenoxy) is 1. The van der Waals surface area contributed by atoms with Crippen molar-refractivity contribution < 1.29 is 19.1 Å². The standard InChI is InChI=1S/C21H22ClN3O4/c1-29-10-9-23-21(28)17-7-2-3-8-18(17)24-20(27)14-11-19(26)25(13-14)16-6-4-5-15(22)12-16/h2-8,12,14H,9-11,13H2,1H3,(H,23,28)(H,24,27). The number of carbonyl (C=O) groups is 3. The molecule has 152 valence electrons. The van der Waals surface area contributed by atoms with Crippen LogP contribution >= 0.6 is 11.6 Å². The normalized spacial score (nSPS) is 16.0. The highest BCUT2D eigenvalue weighted by molar-refractivity contribution is 6.31. The van der Waals surface area contributed by atoms with Crippen LogP contribution < -0.4 is 15.5 Å². The van der Waals surface area contributed by atoms with Crippen LogP contribution in [0.4, 0.5) is 11.4 Å². The number of nitrogens with zero attached hydrogens (tertiary/aromatic N) is 1. The zero-order chi connectivity index (χ0) is 20.8. The number of methoxy groups -OCH3 is 1. The average Bonchev–Trinajstić information content (AvgIpc) is 3.10. The summed E-state index contributed by atoms with van der Waals surface area (Å²) in [4.78, 5) is 39.1. The van der Waals surface area contributed by atoms with Crippen molar-refractivity contribution in [3.63, 3.8) is 0 Å². The Hall–Kier alpha value is -2.90. The van der Waals surface area contributed by atoms with Crippen molar-refractivity contribution in [2.75, 3.05) is 37.0 Å². The third kappa shape index (κ3) is 5.13. The molecule has 0 radical (unpaired) electrons. The van der Waals surface area contributed by atoms with E-state index in [1.807, 2.05) is 0 Å². The minimum Gasteiger partial charge on any atom is -0.383 e. The zero-order valence-corrected chi connectivity index (χ0v) is 16.7. The smallest absolute Gasteiger partial charge is 0.253 e. The number of hydrogen-bond donors (Lipinski definition) is 2. The molecule has 3 amide bonds. The lowest BCUT2D eigenvalue weighted by Gasteiger charge is -2.17. The number of benzene rings is 2. The molecule has 1 heterocycles. The molecule has 0 aromatic heterocycles. The summed E-state index contributed by atoms with van der Waals surface area (Å²) < 4.78 is 4.93. The van der Waals surface area contributed by atoms with Crippen LogP contribution in [0.3, 0.4) is 0 Å². The fourth-order valence-electron chi connectivity index (χ4n) is 3.16. The quantitative estimate of drug-likeness (QED) is 0.680. The lowest BCUT2D eigenvalue weighted by molar-refractivity contribution is -0.122. The van der Waals surface area contributed by atoms with E-state index < -0.39 is 5.92 Å². The molecule has 0 aliphatic carbocycles. The second-order valence-electron chi connectivity index (χ2n) is 6.67. The number of anilines is 2. The highest BCUT2D eigenvalue weighted by atomic mass is 35.5. The maximum atomic E-state index is 12.8. The van der Waals surface area contributed by atoms with E-state index in [1.165, 1.54) is 0 Å². The Bertz CT molecular complexity index is 918. The first-order valence-electron chi connectivity index (χ1n) is 9.22. The van der Waals surface area contributed by atoms with Gasteiger partial charge in [-0.2, -0.15) is 0 Å². The van der Waals surface area contributed by atoms with E-state index in [-0.39, 0.29) is 30.7 Å². The second kappa shape index (κ2) is 9.54. The van der Waals surface area contributed by atoms with E-state index in [0.717, 1.165) is 0 Å². The SMILES string of the molecule is COCCNC(=O)c1ccccc1NC(=O)C1CC(=O)N(c2cccc(Cl)c2)C1. The topological polar surface area (TPSA) is 87.7 Å². The maximum Gasteiger partial charge on any atom is 0.253 e. The Morgan fingerprint density at radius 2 is 2.00 bits per heavy atom. The first-order valence-corrected chi connectivity index (χ1v) is 9.60. The molecule has 2 N–H and O–H groups in total. The molecule has 8 heteroatoms. The van der Waals surface area contributed by atoms with Gasteiger partial charge in [0, 0.05) is 37.3 Å². The predicted octanol–water partition coefficient (Wildman–Crippen LogP) is 2.71. The first kappa shape index (κ1) is 20.8. The van der Waals surface area contributed by atoms with Gasteiger partial charge >= 0.3 is 0 Å². The number of nitrogens with one attached hydrogen (secondary N) is 2. The summed E-state index contributed by atoms with van der Waals surface area (Å²) in [5.74, 6) is -1.27. The van der Waals surface area contributed by atoms with E-state index in [2.05, 4.69) is 10.6 Å². The van der Waals surface area contributed by atoms with E-state index in [4.69, 9.17) is 16.3 Å². The van der Waals surface area contributed by atoms with Gasteiger partial charge in [0.1, 0.15) is 0 Å². The number of amides is 3. The summed E-state index contributed by atoms with van der Waals surface area (Å²) in [5.41, 5.74) is 1.42. The van der Waals surface area contributed by atoms with Crippen LogP contribution in [0.2, 0.25) is 5.02 Å². The molecular formula is C21H22ClN3O4. The highest BCUT2D eigenvalue weighted by Crippen LogP contribution is 2.28. The Kier molecular flexibility index (Phi) is 6.85. The summed E-state index contributed by atoms with van der Waals surface area (Å²) in [5, 5.41) is 6.05. The van der Waals surface area contributed by atoms with Crippen molar-refractivity contribution in [3.05, 3.63) is 59.1 Å². The lowest BCUT2D eigenvalue weighted by atomic mass is 10.1. The number of rotatable bonds is 7. The largest absolute Gasteiger partial charge is 0.383 e. The van der Waals surface area contributed by atoms with Crippen LogP contribution in [-0.2, 0) is 14.3 Å². The molecule has 0 bridgehead atoms. The van der Waals surface area contributed by atoms with Gasteiger partial charge in [0.2, 0.25) is 11.8 Å². The minimum absolute atomic E-state index is 0.0978. The molecule has 1 aliphatic heterocycles. The van der Waals surface area contributed by atoms with Gasteiger partial charge in [-0.1, -0.05) is 29.8 Å². The zero-order valence-electron chi connectivity index (χ0n) is 16.0. The Morgan fingerprint density at radius 3 is 2.76 bits per heavy atom. The summed E-state index contributed by atoms with van der Waals surface area (Å²) in [6, 6.07) is 13.7. The molecular weight excluding hydrogens is 394 g/mol. The van der Waals surface area contributed by atoms with Crippen molar-refractivity contribution in [1.29, 1.82) is 0 Å². The third-order valence-corrected chi connectivity index (χ3v) is 4.87. The molecule has 1 aliphatic rings. The fourth-order valence-corrected chi connectivity index (χ4v) is 3.35. The van der Waals surface area contributed by atoms with Crippen LogP contribution in [0.1, 0.15) is 16.8 Å². The van der Waals surface area contributed by atoms with Gasteiger partial charge < -0.3 is 20.3 Å². The van der Waals surface area contributed by atoms with Crippen molar-refractivity contribution in [2.24, 2.45) is 5.92 Å². The van der Waals surface area contributed by atoms with Crippen molar-refractivity contribution in [1.82, 2.24) is 5.32 Å². The van der Waals surface area contributed by atoms with Gasteiger partial charge in [-0.15, -0.1) is 0 Å². The molecule has 0 saturated carbocycles. The van der Waals surface area contributed by atoms with Gasteiger partial charge in [-0.3, -0.25) is 14.4 Å². The van der Waals surface area contributed by atoms with Crippen LogP contribution in [0.25, 0.3) is 0 Å². The first-order chi connectivity index (χ1) is 14.0. The number of halogens is 1. The summed E-state index contributed by atoms with van der Waals surface area (Å²) in [7, 11) is 1.55.